The lowest BCUT2D eigenvalue weighted by Crippen LogP contribution is -2.39. The summed E-state index contributed by atoms with van der Waals surface area (Å²) in [6.45, 7) is 5.77. The molecule has 1 heterocycles. The second kappa shape index (κ2) is 4.99. The largest absolute Gasteiger partial charge is 0.504 e. The number of phenols is 1. The molecule has 0 unspecified atom stereocenters. The second-order valence-corrected chi connectivity index (χ2v) is 4.88. The second-order valence-electron chi connectivity index (χ2n) is 4.88. The van der Waals surface area contributed by atoms with Gasteiger partial charge in [0.15, 0.2) is 11.5 Å². The van der Waals surface area contributed by atoms with E-state index >= 15 is 0 Å². The number of phenolic OH excluding ortho intramolecular Hbond substituents is 1. The Hall–Kier alpha value is -1.91. The van der Waals surface area contributed by atoms with Crippen LogP contribution in [0.15, 0.2) is 12.1 Å². The van der Waals surface area contributed by atoms with E-state index in [1.54, 1.807) is 19.9 Å². The van der Waals surface area contributed by atoms with E-state index in [1.165, 1.54) is 6.07 Å². The third kappa shape index (κ3) is 2.75. The number of carbonyl (C=O) groups excluding carboxylic acids is 1. The summed E-state index contributed by atoms with van der Waals surface area (Å²) in [4.78, 5) is 12.0. The zero-order chi connectivity index (χ0) is 14.0. The summed E-state index contributed by atoms with van der Waals surface area (Å²) < 4.78 is 16.2. The fraction of sp³-hybridized carbons (Fsp3) is 0.500. The van der Waals surface area contributed by atoms with Gasteiger partial charge in [0.1, 0.15) is 11.3 Å². The summed E-state index contributed by atoms with van der Waals surface area (Å²) in [6, 6.07) is 3.00. The van der Waals surface area contributed by atoms with Crippen LogP contribution in [-0.2, 0) is 4.74 Å². The van der Waals surface area contributed by atoms with Gasteiger partial charge >= 0.3 is 5.97 Å². The van der Waals surface area contributed by atoms with E-state index in [0.717, 1.165) is 12.8 Å². The van der Waals surface area contributed by atoms with Crippen molar-refractivity contribution in [2.75, 3.05) is 6.61 Å². The summed E-state index contributed by atoms with van der Waals surface area (Å²) in [5.41, 5.74) is 0.149. The predicted octanol–water partition coefficient (Wildman–Crippen LogP) is 2.86. The van der Waals surface area contributed by atoms with Crippen molar-refractivity contribution >= 4 is 5.97 Å². The third-order valence-corrected chi connectivity index (χ3v) is 2.74. The van der Waals surface area contributed by atoms with Crippen LogP contribution in [0.4, 0.5) is 0 Å². The number of cyclic esters (lactones) is 1. The van der Waals surface area contributed by atoms with Crippen LogP contribution in [0.5, 0.6) is 17.2 Å². The molecule has 1 aliphatic heterocycles. The van der Waals surface area contributed by atoms with Gasteiger partial charge in [-0.25, -0.2) is 4.79 Å². The lowest BCUT2D eigenvalue weighted by Gasteiger charge is -2.32. The van der Waals surface area contributed by atoms with Crippen LogP contribution in [0, 0.1) is 0 Å². The molecule has 5 heteroatoms. The lowest BCUT2D eigenvalue weighted by atomic mass is 10.1. The Labute approximate surface area is 112 Å². The van der Waals surface area contributed by atoms with Crippen molar-refractivity contribution in [1.29, 1.82) is 0 Å². The van der Waals surface area contributed by atoms with Crippen molar-refractivity contribution < 1.29 is 24.1 Å². The highest BCUT2D eigenvalue weighted by Gasteiger charge is 2.38. The molecule has 1 aliphatic rings. The molecule has 19 heavy (non-hydrogen) atoms. The Morgan fingerprint density at radius 3 is 2.74 bits per heavy atom. The average Bonchev–Trinajstić information content (AvgIpc) is 2.31. The monoisotopic (exact) mass is 266 g/mol. The molecule has 0 amide bonds. The highest BCUT2D eigenvalue weighted by atomic mass is 16.7. The van der Waals surface area contributed by atoms with Gasteiger partial charge in [-0.15, -0.1) is 0 Å². The highest BCUT2D eigenvalue weighted by Crippen LogP contribution is 2.42. The quantitative estimate of drug-likeness (QED) is 0.670. The minimum absolute atomic E-state index is 0.0948. The van der Waals surface area contributed by atoms with Crippen molar-refractivity contribution in [3.8, 4) is 17.2 Å². The zero-order valence-corrected chi connectivity index (χ0v) is 11.4. The lowest BCUT2D eigenvalue weighted by molar-refractivity contribution is -0.128. The van der Waals surface area contributed by atoms with Gasteiger partial charge in [-0.3, -0.25) is 0 Å². The standard InChI is InChI=1S/C14H18O5/c1-4-5-8-17-10-7-6-9(15)12-11(10)13(16)19-14(2,3)18-12/h6-7,15H,4-5,8H2,1-3H3. The van der Waals surface area contributed by atoms with Crippen LogP contribution < -0.4 is 9.47 Å². The topological polar surface area (TPSA) is 65.0 Å². The molecule has 0 aliphatic carbocycles. The molecule has 1 aromatic carbocycles. The maximum Gasteiger partial charge on any atom is 0.349 e. The van der Waals surface area contributed by atoms with E-state index in [2.05, 4.69) is 6.92 Å². The smallest absolute Gasteiger partial charge is 0.349 e. The number of hydrogen-bond donors (Lipinski definition) is 1. The molecule has 0 atom stereocenters. The molecule has 2 rings (SSSR count). The number of ether oxygens (including phenoxy) is 3. The maximum absolute atomic E-state index is 12.0. The molecular formula is C14H18O5. The van der Waals surface area contributed by atoms with E-state index in [4.69, 9.17) is 14.2 Å². The number of aromatic hydroxyl groups is 1. The van der Waals surface area contributed by atoms with Gasteiger partial charge in [-0.2, -0.15) is 0 Å². The van der Waals surface area contributed by atoms with E-state index in [0.29, 0.717) is 12.4 Å². The Balaban J connectivity index is 2.36. The molecule has 0 saturated heterocycles. The zero-order valence-electron chi connectivity index (χ0n) is 11.4. The number of hydrogen-bond acceptors (Lipinski definition) is 5. The summed E-state index contributed by atoms with van der Waals surface area (Å²) in [5.74, 6) is -1.24. The van der Waals surface area contributed by atoms with Crippen LogP contribution in [0.3, 0.4) is 0 Å². The predicted molar refractivity (Wildman–Crippen MR) is 68.6 cm³/mol. The molecule has 0 spiro atoms. The fourth-order valence-electron chi connectivity index (χ4n) is 1.84. The minimum atomic E-state index is -1.09. The Kier molecular flexibility index (Phi) is 3.55. The molecule has 0 radical (unpaired) electrons. The Bertz CT molecular complexity index is 493. The van der Waals surface area contributed by atoms with Gasteiger partial charge in [0.2, 0.25) is 5.79 Å². The van der Waals surface area contributed by atoms with Gasteiger partial charge in [-0.05, 0) is 18.6 Å². The van der Waals surface area contributed by atoms with Crippen LogP contribution in [0.1, 0.15) is 44.0 Å². The summed E-state index contributed by atoms with van der Waals surface area (Å²) in [7, 11) is 0. The van der Waals surface area contributed by atoms with E-state index < -0.39 is 11.8 Å². The van der Waals surface area contributed by atoms with Crippen molar-refractivity contribution in [1.82, 2.24) is 0 Å². The van der Waals surface area contributed by atoms with Crippen LogP contribution in [0.2, 0.25) is 0 Å². The Morgan fingerprint density at radius 2 is 2.05 bits per heavy atom. The molecule has 0 fully saturated rings. The molecule has 5 nitrogen and oxygen atoms in total. The number of carbonyl (C=O) groups is 1. The molecule has 1 N–H and O–H groups in total. The van der Waals surface area contributed by atoms with Crippen LogP contribution in [0.25, 0.3) is 0 Å². The molecule has 0 bridgehead atoms. The molecule has 0 saturated carbocycles. The number of fused-ring (bicyclic) bond motifs is 1. The van der Waals surface area contributed by atoms with Crippen LogP contribution >= 0.6 is 0 Å². The number of unbranched alkanes of at least 4 members (excludes halogenated alkanes) is 1. The van der Waals surface area contributed by atoms with E-state index in [1.807, 2.05) is 0 Å². The summed E-state index contributed by atoms with van der Waals surface area (Å²) in [5, 5.41) is 9.81. The maximum atomic E-state index is 12.0. The summed E-state index contributed by atoms with van der Waals surface area (Å²) in [6.07, 6.45) is 1.88. The number of rotatable bonds is 4. The van der Waals surface area contributed by atoms with E-state index in [9.17, 15) is 9.90 Å². The van der Waals surface area contributed by atoms with Gasteiger partial charge in [-0.1, -0.05) is 13.3 Å². The van der Waals surface area contributed by atoms with Gasteiger partial charge in [0, 0.05) is 13.8 Å². The fourth-order valence-corrected chi connectivity index (χ4v) is 1.84. The number of esters is 1. The van der Waals surface area contributed by atoms with Gasteiger partial charge in [0.05, 0.1) is 6.61 Å². The average molecular weight is 266 g/mol. The first-order chi connectivity index (χ1) is 8.94. The first-order valence-electron chi connectivity index (χ1n) is 6.35. The number of benzene rings is 1. The Morgan fingerprint density at radius 1 is 1.32 bits per heavy atom. The minimum Gasteiger partial charge on any atom is -0.504 e. The van der Waals surface area contributed by atoms with Gasteiger partial charge in [0.25, 0.3) is 0 Å². The van der Waals surface area contributed by atoms with Crippen molar-refractivity contribution in [2.24, 2.45) is 0 Å². The molecule has 0 aromatic heterocycles. The first kappa shape index (κ1) is 13.5. The van der Waals surface area contributed by atoms with Crippen LogP contribution in [-0.4, -0.2) is 23.5 Å². The first-order valence-corrected chi connectivity index (χ1v) is 6.35. The molecule has 1 aromatic rings. The van der Waals surface area contributed by atoms with Crippen molar-refractivity contribution in [3.63, 3.8) is 0 Å². The third-order valence-electron chi connectivity index (χ3n) is 2.74. The molecule has 104 valence electrons. The van der Waals surface area contributed by atoms with Crippen molar-refractivity contribution in [2.45, 2.75) is 39.4 Å². The molecular weight excluding hydrogens is 248 g/mol. The SMILES string of the molecule is CCCCOc1ccc(O)c2c1C(=O)OC(C)(C)O2. The summed E-state index contributed by atoms with van der Waals surface area (Å²) >= 11 is 0. The van der Waals surface area contributed by atoms with E-state index in [-0.39, 0.29) is 17.1 Å². The normalized spacial score (nSPS) is 16.3. The van der Waals surface area contributed by atoms with Crippen molar-refractivity contribution in [3.05, 3.63) is 17.7 Å². The highest BCUT2D eigenvalue weighted by molar-refractivity contribution is 5.97. The van der Waals surface area contributed by atoms with Gasteiger partial charge < -0.3 is 19.3 Å².